The van der Waals surface area contributed by atoms with Crippen molar-refractivity contribution >= 4 is 11.8 Å². The number of pyridine rings is 1. The Morgan fingerprint density at radius 2 is 2.12 bits per heavy atom. The third-order valence-electron chi connectivity index (χ3n) is 6.58. The Labute approximate surface area is 191 Å². The fraction of sp³-hybridized carbons (Fsp3) is 0.538. The van der Waals surface area contributed by atoms with Gasteiger partial charge in [0.15, 0.2) is 0 Å². The number of aromatic nitrogens is 1. The number of nitrogens with zero attached hydrogens (tertiary/aromatic N) is 2. The maximum atomic E-state index is 12.0. The molecule has 3 heterocycles. The highest BCUT2D eigenvalue weighted by Crippen LogP contribution is 2.30. The number of benzene rings is 1. The van der Waals surface area contributed by atoms with Gasteiger partial charge in [-0.2, -0.15) is 0 Å². The molecule has 1 aromatic heterocycles. The standard InChI is InChI=1S/C26H35N3O3/c1-3-19-15-18(2)9-12-23(19)24(26(30)31)29-16-22(17-29)32-14-5-4-8-21-11-10-20-7-6-13-27-25(20)28-21/h9-12,15,22,24H,3-8,13-14,16-17H2,1-2H3,(H,27,28)(H,30,31)/t24-/m0/s1. The summed E-state index contributed by atoms with van der Waals surface area (Å²) in [6, 6.07) is 9.86. The van der Waals surface area contributed by atoms with Crippen molar-refractivity contribution < 1.29 is 14.6 Å². The zero-order chi connectivity index (χ0) is 22.5. The zero-order valence-electron chi connectivity index (χ0n) is 19.3. The van der Waals surface area contributed by atoms with E-state index in [9.17, 15) is 9.90 Å². The van der Waals surface area contributed by atoms with Crippen molar-refractivity contribution in [3.8, 4) is 0 Å². The first-order valence-electron chi connectivity index (χ1n) is 12.0. The molecule has 6 heteroatoms. The van der Waals surface area contributed by atoms with Crippen LogP contribution in [0.15, 0.2) is 30.3 Å². The van der Waals surface area contributed by atoms with Crippen LogP contribution >= 0.6 is 0 Å². The van der Waals surface area contributed by atoms with Crippen molar-refractivity contribution in [3.05, 3.63) is 58.3 Å². The van der Waals surface area contributed by atoms with E-state index in [0.717, 1.165) is 61.3 Å². The summed E-state index contributed by atoms with van der Waals surface area (Å²) in [6.07, 6.45) is 6.26. The summed E-state index contributed by atoms with van der Waals surface area (Å²) >= 11 is 0. The fourth-order valence-electron chi connectivity index (χ4n) is 4.75. The lowest BCUT2D eigenvalue weighted by atomic mass is 9.93. The summed E-state index contributed by atoms with van der Waals surface area (Å²) in [5.74, 6) is 0.279. The van der Waals surface area contributed by atoms with Gasteiger partial charge in [-0.3, -0.25) is 9.69 Å². The summed E-state index contributed by atoms with van der Waals surface area (Å²) in [6.45, 7) is 7.20. The third-order valence-corrected chi connectivity index (χ3v) is 6.58. The molecule has 0 saturated carbocycles. The van der Waals surface area contributed by atoms with Gasteiger partial charge in [-0.15, -0.1) is 0 Å². The molecule has 0 amide bonds. The quantitative estimate of drug-likeness (QED) is 0.544. The number of carboxylic acids is 1. The number of rotatable bonds is 10. The number of fused-ring (bicyclic) bond motifs is 1. The molecular weight excluding hydrogens is 402 g/mol. The third kappa shape index (κ3) is 5.30. The molecule has 2 aromatic rings. The van der Waals surface area contributed by atoms with Crippen LogP contribution in [0.5, 0.6) is 0 Å². The van der Waals surface area contributed by atoms with Crippen LogP contribution in [0.25, 0.3) is 0 Å². The van der Waals surface area contributed by atoms with E-state index >= 15 is 0 Å². The van der Waals surface area contributed by atoms with Gasteiger partial charge in [-0.05, 0) is 68.2 Å². The number of aryl methyl sites for hydroxylation is 4. The van der Waals surface area contributed by atoms with E-state index in [2.05, 4.69) is 30.4 Å². The Hall–Kier alpha value is -2.44. The monoisotopic (exact) mass is 437 g/mol. The highest BCUT2D eigenvalue weighted by Gasteiger charge is 2.38. The van der Waals surface area contributed by atoms with Crippen LogP contribution in [-0.2, 0) is 28.8 Å². The van der Waals surface area contributed by atoms with Crippen molar-refractivity contribution in [2.45, 2.75) is 64.5 Å². The largest absolute Gasteiger partial charge is 0.480 e. The summed E-state index contributed by atoms with van der Waals surface area (Å²) in [5, 5.41) is 13.3. The minimum atomic E-state index is -0.783. The number of nitrogens with one attached hydrogen (secondary N) is 1. The minimum Gasteiger partial charge on any atom is -0.480 e. The molecule has 0 spiro atoms. The zero-order valence-corrected chi connectivity index (χ0v) is 19.3. The second-order valence-electron chi connectivity index (χ2n) is 9.04. The number of hydrogen-bond donors (Lipinski definition) is 2. The average Bonchev–Trinajstić information content (AvgIpc) is 2.77. The molecule has 172 valence electrons. The van der Waals surface area contributed by atoms with Gasteiger partial charge in [-0.25, -0.2) is 4.98 Å². The first-order valence-corrected chi connectivity index (χ1v) is 12.0. The number of unbranched alkanes of at least 4 members (excludes halogenated alkanes) is 1. The molecule has 1 saturated heterocycles. The molecule has 0 bridgehead atoms. The van der Waals surface area contributed by atoms with E-state index in [1.54, 1.807) is 0 Å². The van der Waals surface area contributed by atoms with Crippen LogP contribution in [0, 0.1) is 6.92 Å². The SMILES string of the molecule is CCc1cc(C)ccc1[C@@H](C(=O)O)N1CC(OCCCCc2ccc3c(n2)NCCC3)C1. The highest BCUT2D eigenvalue weighted by atomic mass is 16.5. The lowest BCUT2D eigenvalue weighted by Crippen LogP contribution is -2.55. The first-order chi connectivity index (χ1) is 15.5. The molecule has 4 rings (SSSR count). The van der Waals surface area contributed by atoms with E-state index in [1.165, 1.54) is 17.5 Å². The molecule has 2 N–H and O–H groups in total. The smallest absolute Gasteiger partial charge is 0.325 e. The van der Waals surface area contributed by atoms with Gasteiger partial charge in [-0.1, -0.05) is 36.8 Å². The molecule has 1 aromatic carbocycles. The number of ether oxygens (including phenoxy) is 1. The van der Waals surface area contributed by atoms with Crippen molar-refractivity contribution in [1.82, 2.24) is 9.88 Å². The Morgan fingerprint density at radius 3 is 2.91 bits per heavy atom. The van der Waals surface area contributed by atoms with Gasteiger partial charge in [0.05, 0.1) is 6.10 Å². The Kier molecular flexibility index (Phi) is 7.43. The van der Waals surface area contributed by atoms with Gasteiger partial charge in [0.25, 0.3) is 0 Å². The molecule has 0 radical (unpaired) electrons. The highest BCUT2D eigenvalue weighted by molar-refractivity contribution is 5.76. The summed E-state index contributed by atoms with van der Waals surface area (Å²) in [5.41, 5.74) is 5.67. The number of hydrogen-bond acceptors (Lipinski definition) is 5. The lowest BCUT2D eigenvalue weighted by Gasteiger charge is -2.42. The van der Waals surface area contributed by atoms with Crippen molar-refractivity contribution in [1.29, 1.82) is 0 Å². The second-order valence-corrected chi connectivity index (χ2v) is 9.04. The number of carbonyl (C=O) groups is 1. The summed E-state index contributed by atoms with van der Waals surface area (Å²) in [7, 11) is 0. The second kappa shape index (κ2) is 10.5. The number of anilines is 1. The maximum Gasteiger partial charge on any atom is 0.325 e. The van der Waals surface area contributed by atoms with E-state index in [4.69, 9.17) is 9.72 Å². The average molecular weight is 438 g/mol. The molecule has 1 atom stereocenters. The normalized spacial score (nSPS) is 17.3. The lowest BCUT2D eigenvalue weighted by molar-refractivity contribution is -0.151. The summed E-state index contributed by atoms with van der Waals surface area (Å²) < 4.78 is 6.01. The van der Waals surface area contributed by atoms with Gasteiger partial charge < -0.3 is 15.2 Å². The molecule has 0 unspecified atom stereocenters. The molecular formula is C26H35N3O3. The van der Waals surface area contributed by atoms with Crippen molar-refractivity contribution in [2.24, 2.45) is 0 Å². The van der Waals surface area contributed by atoms with Crippen LogP contribution < -0.4 is 5.32 Å². The van der Waals surface area contributed by atoms with E-state index < -0.39 is 12.0 Å². The van der Waals surface area contributed by atoms with Crippen LogP contribution in [-0.4, -0.2) is 53.3 Å². The Balaban J connectivity index is 1.20. The molecule has 0 aliphatic carbocycles. The van der Waals surface area contributed by atoms with E-state index in [-0.39, 0.29) is 6.10 Å². The molecule has 6 nitrogen and oxygen atoms in total. The molecule has 32 heavy (non-hydrogen) atoms. The van der Waals surface area contributed by atoms with Gasteiger partial charge >= 0.3 is 5.97 Å². The van der Waals surface area contributed by atoms with Gasteiger partial charge in [0, 0.05) is 31.9 Å². The minimum absolute atomic E-state index is 0.124. The number of likely N-dealkylation sites (tertiary alicyclic amines) is 1. The predicted octanol–water partition coefficient (Wildman–Crippen LogP) is 4.16. The fourth-order valence-corrected chi connectivity index (χ4v) is 4.75. The number of aliphatic carboxylic acids is 1. The van der Waals surface area contributed by atoms with Crippen LogP contribution in [0.2, 0.25) is 0 Å². The number of carboxylic acid groups (broad SMARTS) is 1. The van der Waals surface area contributed by atoms with Gasteiger partial charge in [0.1, 0.15) is 11.9 Å². The first kappa shape index (κ1) is 22.7. The Bertz CT molecular complexity index is 940. The van der Waals surface area contributed by atoms with Crippen LogP contribution in [0.1, 0.15) is 60.2 Å². The van der Waals surface area contributed by atoms with E-state index in [0.29, 0.717) is 19.7 Å². The van der Waals surface area contributed by atoms with Crippen LogP contribution in [0.3, 0.4) is 0 Å². The predicted molar refractivity (Wildman–Crippen MR) is 126 cm³/mol. The van der Waals surface area contributed by atoms with Crippen molar-refractivity contribution in [3.63, 3.8) is 0 Å². The molecule has 2 aliphatic heterocycles. The summed E-state index contributed by atoms with van der Waals surface area (Å²) in [4.78, 5) is 18.8. The van der Waals surface area contributed by atoms with Crippen molar-refractivity contribution in [2.75, 3.05) is 31.6 Å². The molecule has 1 fully saturated rings. The van der Waals surface area contributed by atoms with Crippen LogP contribution in [0.4, 0.5) is 5.82 Å². The topological polar surface area (TPSA) is 74.7 Å². The Morgan fingerprint density at radius 1 is 1.28 bits per heavy atom. The van der Waals surface area contributed by atoms with E-state index in [1.807, 2.05) is 24.0 Å². The van der Waals surface area contributed by atoms with Gasteiger partial charge in [0.2, 0.25) is 0 Å². The maximum absolute atomic E-state index is 12.0. The molecule has 2 aliphatic rings.